The summed E-state index contributed by atoms with van der Waals surface area (Å²) in [4.78, 5) is 11.2. The van der Waals surface area contributed by atoms with Gasteiger partial charge in [0.15, 0.2) is 0 Å². The molecule has 2 bridgehead atoms. The highest BCUT2D eigenvalue weighted by atomic mass is 32.2. The molecule has 1 aromatic carbocycles. The number of carboxylic acids is 1. The van der Waals surface area contributed by atoms with Crippen LogP contribution < -0.4 is 4.72 Å². The van der Waals surface area contributed by atoms with Crippen LogP contribution in [-0.2, 0) is 14.8 Å². The number of ether oxygens (including phenoxy) is 1. The van der Waals surface area contributed by atoms with Crippen molar-refractivity contribution >= 4 is 16.0 Å². The fourth-order valence-corrected chi connectivity index (χ4v) is 4.53. The minimum atomic E-state index is -3.75. The molecule has 1 aliphatic carbocycles. The van der Waals surface area contributed by atoms with Crippen molar-refractivity contribution in [2.24, 2.45) is 11.8 Å². The lowest BCUT2D eigenvalue weighted by molar-refractivity contribution is 0.0696. The van der Waals surface area contributed by atoms with Gasteiger partial charge in [-0.2, -0.15) is 0 Å². The van der Waals surface area contributed by atoms with Gasteiger partial charge >= 0.3 is 5.97 Å². The van der Waals surface area contributed by atoms with E-state index in [2.05, 4.69) is 4.72 Å². The normalized spacial score (nSPS) is 26.4. The van der Waals surface area contributed by atoms with E-state index in [1.807, 2.05) is 12.2 Å². The van der Waals surface area contributed by atoms with Gasteiger partial charge in [-0.1, -0.05) is 18.2 Å². The number of nitrogens with one attached hydrogen (secondary N) is 1. The van der Waals surface area contributed by atoms with Crippen molar-refractivity contribution in [1.82, 2.24) is 4.72 Å². The van der Waals surface area contributed by atoms with Gasteiger partial charge in [-0.3, -0.25) is 0 Å². The molecule has 1 aliphatic heterocycles. The Labute approximate surface area is 135 Å². The molecule has 0 saturated carbocycles. The van der Waals surface area contributed by atoms with Crippen molar-refractivity contribution in [3.63, 3.8) is 0 Å². The Bertz CT molecular complexity index is 756. The number of carbonyl (C=O) groups is 1. The number of carboxylic acid groups (broad SMARTS) is 1. The van der Waals surface area contributed by atoms with E-state index in [1.165, 1.54) is 25.1 Å². The second-order valence-corrected chi connectivity index (χ2v) is 7.74. The lowest BCUT2D eigenvalue weighted by Crippen LogP contribution is -2.33. The highest BCUT2D eigenvalue weighted by Crippen LogP contribution is 2.32. The SMILES string of the molecule is Cc1c(C(=O)O)cccc1S(=O)(=O)NC[C@@H]1C=C[C@H]2C[C@@H]1CO2. The van der Waals surface area contributed by atoms with Crippen LogP contribution >= 0.6 is 0 Å². The van der Waals surface area contributed by atoms with Crippen LogP contribution in [0.1, 0.15) is 22.3 Å². The summed E-state index contributed by atoms with van der Waals surface area (Å²) in [6.45, 7) is 2.45. The smallest absolute Gasteiger partial charge is 0.335 e. The van der Waals surface area contributed by atoms with Gasteiger partial charge in [0.25, 0.3) is 0 Å². The second-order valence-electron chi connectivity index (χ2n) is 6.00. The number of hydrogen-bond acceptors (Lipinski definition) is 4. The molecule has 3 atom stereocenters. The van der Waals surface area contributed by atoms with Gasteiger partial charge in [0, 0.05) is 6.54 Å². The zero-order valence-corrected chi connectivity index (χ0v) is 13.5. The Balaban J connectivity index is 1.77. The first-order chi connectivity index (χ1) is 10.9. The topological polar surface area (TPSA) is 92.7 Å². The molecule has 3 rings (SSSR count). The standard InChI is InChI=1S/C16H19NO5S/c1-10-14(16(18)19)3-2-4-15(10)23(20,21)17-8-11-5-6-13-7-12(11)9-22-13/h2-6,11-13,17H,7-9H2,1H3,(H,18,19)/t11-,12+,13-/m0/s1. The molecule has 2 aliphatic rings. The van der Waals surface area contributed by atoms with Crippen molar-refractivity contribution in [3.05, 3.63) is 41.5 Å². The van der Waals surface area contributed by atoms with Gasteiger partial charge in [0.05, 0.1) is 23.2 Å². The Morgan fingerprint density at radius 2 is 2.17 bits per heavy atom. The summed E-state index contributed by atoms with van der Waals surface area (Å²) in [7, 11) is -3.75. The van der Waals surface area contributed by atoms with Crippen LogP contribution in [0.3, 0.4) is 0 Å². The van der Waals surface area contributed by atoms with Crippen LogP contribution in [0.5, 0.6) is 0 Å². The molecule has 6 nitrogen and oxygen atoms in total. The maximum Gasteiger partial charge on any atom is 0.335 e. The monoisotopic (exact) mass is 337 g/mol. The number of fused-ring (bicyclic) bond motifs is 2. The van der Waals surface area contributed by atoms with Crippen molar-refractivity contribution < 1.29 is 23.1 Å². The third kappa shape index (κ3) is 3.17. The first-order valence-corrected chi connectivity index (χ1v) is 8.99. The van der Waals surface area contributed by atoms with E-state index in [9.17, 15) is 13.2 Å². The summed E-state index contributed by atoms with van der Waals surface area (Å²) < 4.78 is 33.2. The number of sulfonamides is 1. The molecular formula is C16H19NO5S. The Morgan fingerprint density at radius 3 is 2.91 bits per heavy atom. The van der Waals surface area contributed by atoms with Crippen molar-refractivity contribution in [3.8, 4) is 0 Å². The van der Waals surface area contributed by atoms with Crippen molar-refractivity contribution in [2.45, 2.75) is 24.3 Å². The zero-order chi connectivity index (χ0) is 16.6. The van der Waals surface area contributed by atoms with E-state index in [0.29, 0.717) is 12.5 Å². The zero-order valence-electron chi connectivity index (χ0n) is 12.7. The van der Waals surface area contributed by atoms with E-state index < -0.39 is 16.0 Å². The van der Waals surface area contributed by atoms with Gasteiger partial charge in [0.2, 0.25) is 10.0 Å². The van der Waals surface area contributed by atoms with Gasteiger partial charge in [-0.05, 0) is 42.9 Å². The lowest BCUT2D eigenvalue weighted by atomic mass is 9.86. The molecule has 1 fully saturated rings. The van der Waals surface area contributed by atoms with Crippen molar-refractivity contribution in [2.75, 3.05) is 13.2 Å². The second kappa shape index (κ2) is 6.07. The Hall–Kier alpha value is -1.70. The molecule has 0 radical (unpaired) electrons. The van der Waals surface area contributed by atoms with Gasteiger partial charge in [-0.25, -0.2) is 17.9 Å². The first kappa shape index (κ1) is 16.2. The van der Waals surface area contributed by atoms with E-state index >= 15 is 0 Å². The Kier molecular flexibility index (Phi) is 4.27. The Morgan fingerprint density at radius 1 is 1.39 bits per heavy atom. The third-order valence-corrected chi connectivity index (χ3v) is 6.12. The van der Waals surface area contributed by atoms with Crippen LogP contribution in [0.4, 0.5) is 0 Å². The molecule has 0 amide bonds. The molecule has 0 spiro atoms. The summed E-state index contributed by atoms with van der Waals surface area (Å²) in [5.74, 6) is -0.699. The highest BCUT2D eigenvalue weighted by Gasteiger charge is 2.33. The highest BCUT2D eigenvalue weighted by molar-refractivity contribution is 7.89. The number of rotatable bonds is 5. The third-order valence-electron chi connectivity index (χ3n) is 4.55. The molecule has 0 aromatic heterocycles. The van der Waals surface area contributed by atoms with Crippen LogP contribution in [0.15, 0.2) is 35.2 Å². The molecule has 1 saturated heterocycles. The average Bonchev–Trinajstić information content (AvgIpc) is 2.88. The molecule has 124 valence electrons. The molecule has 1 heterocycles. The van der Waals surface area contributed by atoms with Gasteiger partial charge in [-0.15, -0.1) is 0 Å². The molecule has 1 aromatic rings. The van der Waals surface area contributed by atoms with E-state index in [1.54, 1.807) is 0 Å². The fourth-order valence-electron chi connectivity index (χ4n) is 3.19. The predicted molar refractivity (Wildman–Crippen MR) is 83.8 cm³/mol. The van der Waals surface area contributed by atoms with Crippen LogP contribution in [-0.4, -0.2) is 38.7 Å². The number of aromatic carboxylic acids is 1. The number of hydrogen-bond donors (Lipinski definition) is 2. The van der Waals surface area contributed by atoms with E-state index in [0.717, 1.165) is 6.42 Å². The van der Waals surface area contributed by atoms with Crippen LogP contribution in [0.25, 0.3) is 0 Å². The predicted octanol–water partition coefficient (Wildman–Crippen LogP) is 1.56. The summed E-state index contributed by atoms with van der Waals surface area (Å²) in [5.41, 5.74) is 0.244. The lowest BCUT2D eigenvalue weighted by Gasteiger charge is -2.22. The summed E-state index contributed by atoms with van der Waals surface area (Å²) >= 11 is 0. The van der Waals surface area contributed by atoms with Gasteiger partial charge < -0.3 is 9.84 Å². The van der Waals surface area contributed by atoms with Crippen LogP contribution in [0.2, 0.25) is 0 Å². The van der Waals surface area contributed by atoms with Gasteiger partial charge in [0.1, 0.15) is 0 Å². The van der Waals surface area contributed by atoms with E-state index in [4.69, 9.17) is 9.84 Å². The largest absolute Gasteiger partial charge is 0.478 e. The molecule has 23 heavy (non-hydrogen) atoms. The maximum absolute atomic E-state index is 12.5. The number of benzene rings is 1. The quantitative estimate of drug-likeness (QED) is 0.796. The summed E-state index contributed by atoms with van der Waals surface area (Å²) in [6.07, 6.45) is 5.09. The minimum absolute atomic E-state index is 0.00234. The van der Waals surface area contributed by atoms with Crippen LogP contribution in [0, 0.1) is 18.8 Å². The van der Waals surface area contributed by atoms with Crippen molar-refractivity contribution in [1.29, 1.82) is 0 Å². The molecule has 0 unspecified atom stereocenters. The minimum Gasteiger partial charge on any atom is -0.478 e. The molecule has 7 heteroatoms. The summed E-state index contributed by atoms with van der Waals surface area (Å²) in [6, 6.07) is 4.27. The fraction of sp³-hybridized carbons (Fsp3) is 0.438. The first-order valence-electron chi connectivity index (χ1n) is 7.51. The molecule has 2 N–H and O–H groups in total. The molecular weight excluding hydrogens is 318 g/mol. The maximum atomic E-state index is 12.5. The average molecular weight is 337 g/mol. The van der Waals surface area contributed by atoms with E-state index in [-0.39, 0.29) is 34.6 Å². The summed E-state index contributed by atoms with van der Waals surface area (Å²) in [5, 5.41) is 9.12.